The van der Waals surface area contributed by atoms with Crippen LogP contribution in [0.1, 0.15) is 21.6 Å². The van der Waals surface area contributed by atoms with Gasteiger partial charge in [0.05, 0.1) is 29.2 Å². The van der Waals surface area contributed by atoms with Crippen LogP contribution in [0.15, 0.2) is 66.9 Å². The summed E-state index contributed by atoms with van der Waals surface area (Å²) in [6.07, 6.45) is 2.28. The van der Waals surface area contributed by atoms with Crippen LogP contribution in [0, 0.1) is 0 Å². The van der Waals surface area contributed by atoms with E-state index in [4.69, 9.17) is 5.73 Å². The van der Waals surface area contributed by atoms with Gasteiger partial charge >= 0.3 is 6.03 Å². The third kappa shape index (κ3) is 4.19. The normalized spacial score (nSPS) is 13.2. The predicted octanol–water partition coefficient (Wildman–Crippen LogP) is 3.51. The molecule has 29 heavy (non-hydrogen) atoms. The number of pyridine rings is 1. The molecule has 0 spiro atoms. The fourth-order valence-corrected chi connectivity index (χ4v) is 3.22. The standard InChI is InChI=1S/C22H21N5O2/c23-18-6-2-4-8-20(18)25-21(28)16-9-10-17(24-13-16)14-27-12-11-15-5-1-3-7-19(15)26-22(27)29/h1-10,13H,11-12,14,23H2,(H,25,28)(H,26,29). The van der Waals surface area contributed by atoms with Crippen molar-refractivity contribution in [3.8, 4) is 0 Å². The van der Waals surface area contributed by atoms with E-state index in [1.807, 2.05) is 24.3 Å². The number of urea groups is 1. The molecule has 4 rings (SSSR count). The summed E-state index contributed by atoms with van der Waals surface area (Å²) >= 11 is 0. The molecule has 2 aromatic carbocycles. The maximum atomic E-state index is 12.5. The number of amides is 3. The summed E-state index contributed by atoms with van der Waals surface area (Å²) in [7, 11) is 0. The maximum absolute atomic E-state index is 12.5. The van der Waals surface area contributed by atoms with Gasteiger partial charge in [0.25, 0.3) is 5.91 Å². The molecule has 3 amide bonds. The molecule has 0 fully saturated rings. The van der Waals surface area contributed by atoms with Gasteiger partial charge < -0.3 is 21.3 Å². The fourth-order valence-electron chi connectivity index (χ4n) is 3.22. The van der Waals surface area contributed by atoms with E-state index < -0.39 is 0 Å². The van der Waals surface area contributed by atoms with Crippen molar-refractivity contribution < 1.29 is 9.59 Å². The SMILES string of the molecule is Nc1ccccc1NC(=O)c1ccc(CN2CCc3ccccc3NC2=O)nc1. The van der Waals surface area contributed by atoms with Crippen LogP contribution in [-0.4, -0.2) is 28.4 Å². The van der Waals surface area contributed by atoms with Crippen LogP contribution >= 0.6 is 0 Å². The third-order valence-electron chi connectivity index (χ3n) is 4.85. The van der Waals surface area contributed by atoms with Crippen molar-refractivity contribution >= 4 is 29.0 Å². The van der Waals surface area contributed by atoms with Gasteiger partial charge in [0.2, 0.25) is 0 Å². The lowest BCUT2D eigenvalue weighted by molar-refractivity contribution is 0.102. The molecule has 0 atom stereocenters. The molecule has 2 heterocycles. The van der Waals surface area contributed by atoms with Crippen molar-refractivity contribution in [2.24, 2.45) is 0 Å². The number of benzene rings is 2. The Morgan fingerprint density at radius 1 is 1.10 bits per heavy atom. The smallest absolute Gasteiger partial charge is 0.322 e. The van der Waals surface area contributed by atoms with E-state index in [9.17, 15) is 9.59 Å². The van der Waals surface area contributed by atoms with Crippen molar-refractivity contribution in [2.45, 2.75) is 13.0 Å². The van der Waals surface area contributed by atoms with Crippen LogP contribution in [0.25, 0.3) is 0 Å². The number of nitrogens with one attached hydrogen (secondary N) is 2. The molecule has 0 aliphatic carbocycles. The number of fused-ring (bicyclic) bond motifs is 1. The largest absolute Gasteiger partial charge is 0.397 e. The molecule has 7 nitrogen and oxygen atoms in total. The summed E-state index contributed by atoms with van der Waals surface area (Å²) in [5.41, 5.74) is 10.0. The second-order valence-corrected chi connectivity index (χ2v) is 6.84. The van der Waals surface area contributed by atoms with Gasteiger partial charge in [-0.2, -0.15) is 0 Å². The van der Waals surface area contributed by atoms with Crippen LogP contribution in [-0.2, 0) is 13.0 Å². The van der Waals surface area contributed by atoms with Gasteiger partial charge in [-0.3, -0.25) is 9.78 Å². The summed E-state index contributed by atoms with van der Waals surface area (Å²) in [4.78, 5) is 31.0. The zero-order chi connectivity index (χ0) is 20.2. The lowest BCUT2D eigenvalue weighted by Gasteiger charge is -2.19. The summed E-state index contributed by atoms with van der Waals surface area (Å²) in [5, 5.41) is 5.71. The molecule has 1 aliphatic rings. The van der Waals surface area contributed by atoms with Crippen LogP contribution in [0.2, 0.25) is 0 Å². The Morgan fingerprint density at radius 2 is 1.90 bits per heavy atom. The van der Waals surface area contributed by atoms with Crippen molar-refractivity contribution in [1.29, 1.82) is 0 Å². The van der Waals surface area contributed by atoms with Crippen molar-refractivity contribution in [2.75, 3.05) is 22.9 Å². The molecule has 1 aromatic heterocycles. The van der Waals surface area contributed by atoms with Gasteiger partial charge in [-0.1, -0.05) is 30.3 Å². The average molecular weight is 387 g/mol. The topological polar surface area (TPSA) is 100 Å². The number of hydrogen-bond acceptors (Lipinski definition) is 4. The Kier molecular flexibility index (Phi) is 5.11. The first kappa shape index (κ1) is 18.5. The maximum Gasteiger partial charge on any atom is 0.322 e. The first-order valence-corrected chi connectivity index (χ1v) is 9.35. The third-order valence-corrected chi connectivity index (χ3v) is 4.85. The Hall–Kier alpha value is -3.87. The second-order valence-electron chi connectivity index (χ2n) is 6.84. The van der Waals surface area contributed by atoms with Gasteiger partial charge in [-0.25, -0.2) is 4.79 Å². The van der Waals surface area contributed by atoms with E-state index in [1.54, 1.807) is 41.3 Å². The van der Waals surface area contributed by atoms with Gasteiger partial charge in [0.1, 0.15) is 0 Å². The number of carbonyl (C=O) groups excluding carboxylic acids is 2. The average Bonchev–Trinajstić information content (AvgIpc) is 2.89. The molecular formula is C22H21N5O2. The molecule has 1 aliphatic heterocycles. The van der Waals surface area contributed by atoms with Crippen LogP contribution in [0.4, 0.5) is 21.9 Å². The van der Waals surface area contributed by atoms with E-state index in [1.165, 1.54) is 6.20 Å². The first-order chi connectivity index (χ1) is 14.1. The number of rotatable bonds is 4. The Bertz CT molecular complexity index is 1050. The molecule has 4 N–H and O–H groups in total. The molecule has 0 saturated heterocycles. The predicted molar refractivity (Wildman–Crippen MR) is 113 cm³/mol. The Morgan fingerprint density at radius 3 is 2.69 bits per heavy atom. The highest BCUT2D eigenvalue weighted by molar-refractivity contribution is 6.05. The van der Waals surface area contributed by atoms with Crippen LogP contribution in [0.5, 0.6) is 0 Å². The molecular weight excluding hydrogens is 366 g/mol. The van der Waals surface area contributed by atoms with Gasteiger partial charge in [-0.15, -0.1) is 0 Å². The molecule has 146 valence electrons. The fraction of sp³-hybridized carbons (Fsp3) is 0.136. The van der Waals surface area contributed by atoms with Crippen LogP contribution in [0.3, 0.4) is 0 Å². The quantitative estimate of drug-likeness (QED) is 0.597. The van der Waals surface area contributed by atoms with E-state index in [0.29, 0.717) is 35.7 Å². The van der Waals surface area contributed by atoms with Gasteiger partial charge in [0, 0.05) is 18.4 Å². The van der Waals surface area contributed by atoms with Crippen molar-refractivity contribution in [1.82, 2.24) is 9.88 Å². The van der Waals surface area contributed by atoms with Crippen LogP contribution < -0.4 is 16.4 Å². The molecule has 0 bridgehead atoms. The Labute approximate surface area is 168 Å². The van der Waals surface area contributed by atoms with Gasteiger partial charge in [0.15, 0.2) is 0 Å². The van der Waals surface area contributed by atoms with E-state index in [2.05, 4.69) is 15.6 Å². The highest BCUT2D eigenvalue weighted by atomic mass is 16.2. The minimum absolute atomic E-state index is 0.155. The minimum atomic E-state index is -0.287. The molecule has 0 unspecified atom stereocenters. The van der Waals surface area contributed by atoms with E-state index >= 15 is 0 Å². The monoisotopic (exact) mass is 387 g/mol. The van der Waals surface area contributed by atoms with Crippen molar-refractivity contribution in [3.05, 3.63) is 83.7 Å². The number of para-hydroxylation sites is 3. The lowest BCUT2D eigenvalue weighted by Crippen LogP contribution is -2.34. The number of carbonyl (C=O) groups is 2. The van der Waals surface area contributed by atoms with Gasteiger partial charge in [-0.05, 0) is 42.3 Å². The molecule has 0 saturated carbocycles. The van der Waals surface area contributed by atoms with E-state index in [0.717, 1.165) is 17.7 Å². The highest BCUT2D eigenvalue weighted by Crippen LogP contribution is 2.21. The number of anilines is 3. The molecule has 0 radical (unpaired) electrons. The Balaban J connectivity index is 1.41. The summed E-state index contributed by atoms with van der Waals surface area (Å²) in [6.45, 7) is 0.966. The summed E-state index contributed by atoms with van der Waals surface area (Å²) in [5.74, 6) is -0.287. The number of aromatic nitrogens is 1. The zero-order valence-electron chi connectivity index (χ0n) is 15.8. The number of hydrogen-bond donors (Lipinski definition) is 3. The van der Waals surface area contributed by atoms with Crippen molar-refractivity contribution in [3.63, 3.8) is 0 Å². The van der Waals surface area contributed by atoms with E-state index in [-0.39, 0.29) is 11.9 Å². The molecule has 7 heteroatoms. The number of nitrogen functional groups attached to an aromatic ring is 1. The minimum Gasteiger partial charge on any atom is -0.397 e. The lowest BCUT2D eigenvalue weighted by atomic mass is 10.1. The first-order valence-electron chi connectivity index (χ1n) is 9.35. The second kappa shape index (κ2) is 8.02. The molecule has 3 aromatic rings. The zero-order valence-corrected chi connectivity index (χ0v) is 15.8. The summed E-state index contributed by atoms with van der Waals surface area (Å²) < 4.78 is 0. The highest BCUT2D eigenvalue weighted by Gasteiger charge is 2.20. The summed E-state index contributed by atoms with van der Waals surface area (Å²) in [6, 6.07) is 18.2. The number of nitrogens with zero attached hydrogens (tertiary/aromatic N) is 2. The number of nitrogens with two attached hydrogens (primary N) is 1.